The maximum Gasteiger partial charge on any atom is 0.325 e. The summed E-state index contributed by atoms with van der Waals surface area (Å²) in [4.78, 5) is 11.8. The minimum atomic E-state index is -0.396. The minimum absolute atomic E-state index is 0.367. The lowest BCUT2D eigenvalue weighted by Gasteiger charge is -2.02. The number of nitrogens with zero attached hydrogens (tertiary/aromatic N) is 3. The number of anilines is 2. The summed E-state index contributed by atoms with van der Waals surface area (Å²) in [5, 5.41) is 13.2. The van der Waals surface area contributed by atoms with E-state index in [0.29, 0.717) is 23.8 Å². The lowest BCUT2D eigenvalue weighted by Crippen LogP contribution is -2.19. The van der Waals surface area contributed by atoms with Gasteiger partial charge >= 0.3 is 6.03 Å². The predicted octanol–water partition coefficient (Wildman–Crippen LogP) is 2.87. The fraction of sp³-hybridized carbons (Fsp3) is 0.133. The Hall–Kier alpha value is -3.09. The topological polar surface area (TPSA) is 85.0 Å². The molecule has 0 aliphatic heterocycles. The molecule has 0 spiro atoms. The molecule has 3 aromatic rings. The molecule has 0 radical (unpaired) electrons. The van der Waals surface area contributed by atoms with Gasteiger partial charge in [0.2, 0.25) is 0 Å². The van der Waals surface area contributed by atoms with Crippen LogP contribution in [0.25, 0.3) is 0 Å². The molecule has 2 heterocycles. The summed E-state index contributed by atoms with van der Waals surface area (Å²) in [5.41, 5.74) is 1.74. The fourth-order valence-electron chi connectivity index (χ4n) is 1.99. The molecule has 0 aliphatic rings. The van der Waals surface area contributed by atoms with Crippen molar-refractivity contribution in [2.24, 2.45) is 0 Å². The Bertz CT molecular complexity index is 763. The number of amides is 2. The monoisotopic (exact) mass is 297 g/mol. The van der Waals surface area contributed by atoms with Crippen molar-refractivity contribution in [2.75, 3.05) is 10.6 Å². The van der Waals surface area contributed by atoms with E-state index in [1.165, 1.54) is 0 Å². The summed E-state index contributed by atoms with van der Waals surface area (Å²) in [5.74, 6) is 0.998. The first-order valence-electron chi connectivity index (χ1n) is 6.77. The van der Waals surface area contributed by atoms with Crippen molar-refractivity contribution in [2.45, 2.75) is 13.5 Å². The van der Waals surface area contributed by atoms with Crippen molar-refractivity contribution >= 4 is 17.5 Å². The lowest BCUT2D eigenvalue weighted by atomic mass is 10.2. The number of hydrogen-bond donors (Lipinski definition) is 2. The number of aryl methyl sites for hydroxylation is 1. The molecule has 0 aliphatic carbocycles. The average molecular weight is 297 g/mol. The molecular formula is C15H15N5O2. The SMILES string of the molecule is Cc1cc(NC(=O)Nc2cnn(Cc3ccccc3)c2)no1. The molecule has 0 atom stereocenters. The average Bonchev–Trinajstić information content (AvgIpc) is 3.09. The van der Waals surface area contributed by atoms with Crippen LogP contribution in [-0.4, -0.2) is 21.0 Å². The van der Waals surface area contributed by atoms with Gasteiger partial charge in [0.1, 0.15) is 5.76 Å². The van der Waals surface area contributed by atoms with Gasteiger partial charge in [-0.15, -0.1) is 0 Å². The summed E-state index contributed by atoms with van der Waals surface area (Å²) in [7, 11) is 0. The largest absolute Gasteiger partial charge is 0.360 e. The second kappa shape index (κ2) is 6.13. The van der Waals surface area contributed by atoms with Crippen molar-refractivity contribution in [1.82, 2.24) is 14.9 Å². The Morgan fingerprint density at radius 3 is 2.82 bits per heavy atom. The van der Waals surface area contributed by atoms with Gasteiger partial charge in [-0.3, -0.25) is 10.00 Å². The highest BCUT2D eigenvalue weighted by molar-refractivity contribution is 5.98. The second-order valence-corrected chi connectivity index (χ2v) is 4.81. The van der Waals surface area contributed by atoms with Gasteiger partial charge in [0.25, 0.3) is 0 Å². The summed E-state index contributed by atoms with van der Waals surface area (Å²) < 4.78 is 6.63. The van der Waals surface area contributed by atoms with Crippen molar-refractivity contribution < 1.29 is 9.32 Å². The minimum Gasteiger partial charge on any atom is -0.360 e. The Morgan fingerprint density at radius 2 is 2.09 bits per heavy atom. The highest BCUT2D eigenvalue weighted by Gasteiger charge is 2.07. The number of benzene rings is 1. The molecule has 112 valence electrons. The van der Waals surface area contributed by atoms with E-state index in [9.17, 15) is 4.79 Å². The molecule has 0 unspecified atom stereocenters. The second-order valence-electron chi connectivity index (χ2n) is 4.81. The first-order valence-corrected chi connectivity index (χ1v) is 6.77. The summed E-state index contributed by atoms with van der Waals surface area (Å²) in [6, 6.07) is 11.2. The number of rotatable bonds is 4. The van der Waals surface area contributed by atoms with Crippen molar-refractivity contribution in [3.8, 4) is 0 Å². The van der Waals surface area contributed by atoms with Crippen LogP contribution in [0.1, 0.15) is 11.3 Å². The smallest absolute Gasteiger partial charge is 0.325 e. The predicted molar refractivity (Wildman–Crippen MR) is 81.7 cm³/mol. The number of hydrogen-bond acceptors (Lipinski definition) is 4. The lowest BCUT2D eigenvalue weighted by molar-refractivity contribution is 0.262. The van der Waals surface area contributed by atoms with Gasteiger partial charge in [-0.2, -0.15) is 5.10 Å². The molecule has 2 N–H and O–H groups in total. The Morgan fingerprint density at radius 1 is 1.27 bits per heavy atom. The van der Waals surface area contributed by atoms with Crippen LogP contribution in [0.5, 0.6) is 0 Å². The maximum atomic E-state index is 11.8. The van der Waals surface area contributed by atoms with E-state index >= 15 is 0 Å². The highest BCUT2D eigenvalue weighted by Crippen LogP contribution is 2.10. The van der Waals surface area contributed by atoms with Crippen LogP contribution in [0.3, 0.4) is 0 Å². The van der Waals surface area contributed by atoms with Gasteiger partial charge in [0.05, 0.1) is 18.4 Å². The van der Waals surface area contributed by atoms with Gasteiger partial charge in [0, 0.05) is 12.3 Å². The fourth-order valence-corrected chi connectivity index (χ4v) is 1.99. The van der Waals surface area contributed by atoms with E-state index in [1.54, 1.807) is 30.1 Å². The van der Waals surface area contributed by atoms with Crippen LogP contribution < -0.4 is 10.6 Å². The highest BCUT2D eigenvalue weighted by atomic mass is 16.5. The van der Waals surface area contributed by atoms with E-state index in [-0.39, 0.29) is 0 Å². The van der Waals surface area contributed by atoms with E-state index in [2.05, 4.69) is 20.9 Å². The normalized spacial score (nSPS) is 10.4. The molecule has 0 fully saturated rings. The number of carbonyl (C=O) groups excluding carboxylic acids is 1. The van der Waals surface area contributed by atoms with Crippen LogP contribution in [0.4, 0.5) is 16.3 Å². The van der Waals surface area contributed by atoms with Gasteiger partial charge < -0.3 is 9.84 Å². The Labute approximate surface area is 126 Å². The molecule has 2 amide bonds. The number of aromatic nitrogens is 3. The quantitative estimate of drug-likeness (QED) is 0.775. The summed E-state index contributed by atoms with van der Waals surface area (Å²) >= 11 is 0. The van der Waals surface area contributed by atoms with Crippen molar-refractivity contribution in [1.29, 1.82) is 0 Å². The molecule has 22 heavy (non-hydrogen) atoms. The zero-order valence-electron chi connectivity index (χ0n) is 12.0. The molecule has 0 bridgehead atoms. The van der Waals surface area contributed by atoms with Crippen LogP contribution in [-0.2, 0) is 6.54 Å². The van der Waals surface area contributed by atoms with Crippen molar-refractivity contribution in [3.05, 3.63) is 60.1 Å². The van der Waals surface area contributed by atoms with Crippen LogP contribution in [0.2, 0.25) is 0 Å². The van der Waals surface area contributed by atoms with Crippen LogP contribution in [0, 0.1) is 6.92 Å². The standard InChI is InChI=1S/C15H15N5O2/c1-11-7-14(19-22-11)18-15(21)17-13-8-16-20(10-13)9-12-5-3-2-4-6-12/h2-8,10H,9H2,1H3,(H2,17,18,19,21). The first kappa shape index (κ1) is 13.9. The first-order chi connectivity index (χ1) is 10.7. The van der Waals surface area contributed by atoms with Crippen LogP contribution >= 0.6 is 0 Å². The molecule has 0 saturated carbocycles. The van der Waals surface area contributed by atoms with E-state index in [0.717, 1.165) is 5.56 Å². The number of nitrogens with one attached hydrogen (secondary N) is 2. The van der Waals surface area contributed by atoms with Crippen LogP contribution in [0.15, 0.2) is 53.3 Å². The van der Waals surface area contributed by atoms with E-state index in [1.807, 2.05) is 30.3 Å². The third kappa shape index (κ3) is 3.51. The molecule has 7 nitrogen and oxygen atoms in total. The third-order valence-electron chi connectivity index (χ3n) is 2.95. The molecular weight excluding hydrogens is 282 g/mol. The third-order valence-corrected chi connectivity index (χ3v) is 2.95. The van der Waals surface area contributed by atoms with Gasteiger partial charge in [-0.1, -0.05) is 35.5 Å². The van der Waals surface area contributed by atoms with E-state index in [4.69, 9.17) is 4.52 Å². The molecule has 0 saturated heterocycles. The molecule has 1 aromatic carbocycles. The van der Waals surface area contributed by atoms with Crippen molar-refractivity contribution in [3.63, 3.8) is 0 Å². The Kier molecular flexibility index (Phi) is 3.86. The molecule has 2 aromatic heterocycles. The molecule has 3 rings (SSSR count). The molecule has 7 heteroatoms. The van der Waals surface area contributed by atoms with E-state index < -0.39 is 6.03 Å². The number of carbonyl (C=O) groups is 1. The maximum absolute atomic E-state index is 11.8. The Balaban J connectivity index is 1.58. The van der Waals surface area contributed by atoms with Gasteiger partial charge in [-0.05, 0) is 12.5 Å². The van der Waals surface area contributed by atoms with Gasteiger partial charge in [0.15, 0.2) is 5.82 Å². The summed E-state index contributed by atoms with van der Waals surface area (Å²) in [6.45, 7) is 2.40. The zero-order chi connectivity index (χ0) is 15.4. The zero-order valence-corrected chi connectivity index (χ0v) is 12.0. The number of urea groups is 1. The summed E-state index contributed by atoms with van der Waals surface area (Å²) in [6.07, 6.45) is 3.36. The van der Waals surface area contributed by atoms with Gasteiger partial charge in [-0.25, -0.2) is 4.79 Å².